The molecule has 0 aliphatic rings. The normalized spacial score (nSPS) is 13.3. The molecule has 0 aliphatic carbocycles. The molecule has 1 heterocycles. The van der Waals surface area contributed by atoms with E-state index in [9.17, 15) is 0 Å². The summed E-state index contributed by atoms with van der Waals surface area (Å²) in [6, 6.07) is 11.4. The molecule has 1 aromatic carbocycles. The van der Waals surface area contributed by atoms with Crippen LogP contribution in [0.1, 0.15) is 44.9 Å². The lowest BCUT2D eigenvalue weighted by Crippen LogP contribution is -2.12. The van der Waals surface area contributed by atoms with Crippen LogP contribution in [0.15, 0.2) is 41.1 Å². The van der Waals surface area contributed by atoms with E-state index in [1.165, 1.54) is 16.8 Å². The van der Waals surface area contributed by atoms with E-state index in [4.69, 9.17) is 0 Å². The highest BCUT2D eigenvalue weighted by atomic mass is 32.1. The molecule has 0 saturated carbocycles. The zero-order valence-corrected chi connectivity index (χ0v) is 12.3. The molecule has 2 rings (SSSR count). The summed E-state index contributed by atoms with van der Waals surface area (Å²) in [5.41, 5.74) is 4.14. The average molecular weight is 259 g/mol. The van der Waals surface area contributed by atoms with Gasteiger partial charge < -0.3 is 5.32 Å². The SMILES string of the molecule is CC(Nc1ccsc1)c1ccc(C(C)(C)C)cc1. The minimum atomic E-state index is 0.225. The Bertz CT molecular complexity index is 477. The van der Waals surface area contributed by atoms with Crippen LogP contribution in [0.5, 0.6) is 0 Å². The van der Waals surface area contributed by atoms with Gasteiger partial charge >= 0.3 is 0 Å². The Morgan fingerprint density at radius 3 is 2.22 bits per heavy atom. The van der Waals surface area contributed by atoms with Gasteiger partial charge in [-0.2, -0.15) is 11.3 Å². The van der Waals surface area contributed by atoms with Gasteiger partial charge in [0, 0.05) is 17.1 Å². The van der Waals surface area contributed by atoms with Crippen molar-refractivity contribution in [2.75, 3.05) is 5.32 Å². The Balaban J connectivity index is 2.10. The molecular formula is C16H21NS. The molecule has 2 heteroatoms. The fourth-order valence-corrected chi connectivity index (χ4v) is 2.55. The summed E-state index contributed by atoms with van der Waals surface area (Å²) < 4.78 is 0. The third kappa shape index (κ3) is 3.14. The van der Waals surface area contributed by atoms with Gasteiger partial charge in [-0.1, -0.05) is 45.0 Å². The Kier molecular flexibility index (Phi) is 3.76. The van der Waals surface area contributed by atoms with Crippen molar-refractivity contribution in [2.45, 2.75) is 39.2 Å². The highest BCUT2D eigenvalue weighted by Gasteiger charge is 2.13. The topological polar surface area (TPSA) is 12.0 Å². The molecule has 1 aromatic heterocycles. The summed E-state index contributed by atoms with van der Waals surface area (Å²) in [6.07, 6.45) is 0. The Morgan fingerprint density at radius 1 is 1.06 bits per heavy atom. The van der Waals surface area contributed by atoms with E-state index in [0.717, 1.165) is 0 Å². The van der Waals surface area contributed by atoms with Gasteiger partial charge in [-0.15, -0.1) is 0 Å². The highest BCUT2D eigenvalue weighted by Crippen LogP contribution is 2.25. The summed E-state index contributed by atoms with van der Waals surface area (Å²) in [6.45, 7) is 8.93. The lowest BCUT2D eigenvalue weighted by atomic mass is 9.86. The van der Waals surface area contributed by atoms with Gasteiger partial charge in [0.15, 0.2) is 0 Å². The summed E-state index contributed by atoms with van der Waals surface area (Å²) in [4.78, 5) is 0. The van der Waals surface area contributed by atoms with E-state index < -0.39 is 0 Å². The number of hydrogen-bond acceptors (Lipinski definition) is 2. The molecule has 96 valence electrons. The lowest BCUT2D eigenvalue weighted by molar-refractivity contribution is 0.589. The molecule has 18 heavy (non-hydrogen) atoms. The first-order valence-electron chi connectivity index (χ1n) is 6.36. The Labute approximate surface area is 114 Å². The van der Waals surface area contributed by atoms with Crippen LogP contribution in [0.3, 0.4) is 0 Å². The van der Waals surface area contributed by atoms with Crippen molar-refractivity contribution in [3.05, 3.63) is 52.2 Å². The molecule has 1 nitrogen and oxygen atoms in total. The molecule has 0 bridgehead atoms. The second-order valence-corrected chi connectivity index (χ2v) is 6.53. The quantitative estimate of drug-likeness (QED) is 0.797. The van der Waals surface area contributed by atoms with Crippen molar-refractivity contribution in [2.24, 2.45) is 0 Å². The monoisotopic (exact) mass is 259 g/mol. The number of hydrogen-bond donors (Lipinski definition) is 1. The van der Waals surface area contributed by atoms with Crippen LogP contribution in [0.4, 0.5) is 5.69 Å². The number of benzene rings is 1. The molecule has 0 saturated heterocycles. The Hall–Kier alpha value is -1.28. The van der Waals surface area contributed by atoms with Crippen LogP contribution in [-0.2, 0) is 5.41 Å². The van der Waals surface area contributed by atoms with Crippen molar-refractivity contribution in [1.29, 1.82) is 0 Å². The predicted molar refractivity (Wildman–Crippen MR) is 81.5 cm³/mol. The van der Waals surface area contributed by atoms with Crippen molar-refractivity contribution < 1.29 is 0 Å². The largest absolute Gasteiger partial charge is 0.378 e. The van der Waals surface area contributed by atoms with E-state index in [1.54, 1.807) is 11.3 Å². The van der Waals surface area contributed by atoms with Crippen LogP contribution in [-0.4, -0.2) is 0 Å². The van der Waals surface area contributed by atoms with Gasteiger partial charge in [0.25, 0.3) is 0 Å². The number of thiophene rings is 1. The van der Waals surface area contributed by atoms with Crippen molar-refractivity contribution in [1.82, 2.24) is 0 Å². The first-order valence-corrected chi connectivity index (χ1v) is 7.30. The smallest absolute Gasteiger partial charge is 0.0485 e. The standard InChI is InChI=1S/C16H21NS/c1-12(17-15-9-10-18-11-15)13-5-7-14(8-6-13)16(2,3)4/h5-12,17H,1-4H3. The zero-order valence-electron chi connectivity index (χ0n) is 11.5. The highest BCUT2D eigenvalue weighted by molar-refractivity contribution is 7.08. The molecular weight excluding hydrogens is 238 g/mol. The van der Waals surface area contributed by atoms with Crippen molar-refractivity contribution >= 4 is 17.0 Å². The van der Waals surface area contributed by atoms with Crippen molar-refractivity contribution in [3.8, 4) is 0 Å². The van der Waals surface area contributed by atoms with Gasteiger partial charge in [0.2, 0.25) is 0 Å². The molecule has 0 spiro atoms. The van der Waals surface area contributed by atoms with Gasteiger partial charge in [0.05, 0.1) is 0 Å². The minimum absolute atomic E-state index is 0.225. The van der Waals surface area contributed by atoms with E-state index >= 15 is 0 Å². The maximum Gasteiger partial charge on any atom is 0.0485 e. The fourth-order valence-electron chi connectivity index (χ4n) is 1.95. The fraction of sp³-hybridized carbons (Fsp3) is 0.375. The van der Waals surface area contributed by atoms with Crippen LogP contribution in [0.25, 0.3) is 0 Å². The van der Waals surface area contributed by atoms with Gasteiger partial charge in [-0.05, 0) is 34.9 Å². The van der Waals surface area contributed by atoms with Crippen LogP contribution >= 0.6 is 11.3 Å². The predicted octanol–water partition coefficient (Wildman–Crippen LogP) is 5.22. The van der Waals surface area contributed by atoms with Crippen LogP contribution in [0, 0.1) is 0 Å². The van der Waals surface area contributed by atoms with Gasteiger partial charge in [-0.25, -0.2) is 0 Å². The van der Waals surface area contributed by atoms with E-state index in [-0.39, 0.29) is 5.41 Å². The van der Waals surface area contributed by atoms with E-state index in [1.807, 2.05) is 0 Å². The number of nitrogens with one attached hydrogen (secondary N) is 1. The average Bonchev–Trinajstić information content (AvgIpc) is 2.81. The zero-order chi connectivity index (χ0) is 13.2. The molecule has 0 aliphatic heterocycles. The molecule has 0 radical (unpaired) electrons. The number of rotatable bonds is 3. The van der Waals surface area contributed by atoms with Crippen LogP contribution in [0.2, 0.25) is 0 Å². The summed E-state index contributed by atoms with van der Waals surface area (Å²) >= 11 is 1.72. The summed E-state index contributed by atoms with van der Waals surface area (Å²) in [5.74, 6) is 0. The third-order valence-corrected chi connectivity index (χ3v) is 3.86. The molecule has 1 unspecified atom stereocenters. The second kappa shape index (κ2) is 5.15. The third-order valence-electron chi connectivity index (χ3n) is 3.18. The molecule has 0 amide bonds. The summed E-state index contributed by atoms with van der Waals surface area (Å²) in [7, 11) is 0. The Morgan fingerprint density at radius 2 is 1.72 bits per heavy atom. The minimum Gasteiger partial charge on any atom is -0.378 e. The van der Waals surface area contributed by atoms with E-state index in [0.29, 0.717) is 6.04 Å². The molecule has 1 N–H and O–H groups in total. The molecule has 2 aromatic rings. The maximum absolute atomic E-state index is 3.51. The second-order valence-electron chi connectivity index (χ2n) is 5.75. The lowest BCUT2D eigenvalue weighted by Gasteiger charge is -2.21. The first-order chi connectivity index (χ1) is 8.47. The molecule has 0 fully saturated rings. The van der Waals surface area contributed by atoms with Gasteiger partial charge in [-0.3, -0.25) is 0 Å². The summed E-state index contributed by atoms with van der Waals surface area (Å²) in [5, 5.41) is 7.74. The van der Waals surface area contributed by atoms with Crippen molar-refractivity contribution in [3.63, 3.8) is 0 Å². The maximum atomic E-state index is 3.51. The van der Waals surface area contributed by atoms with E-state index in [2.05, 4.69) is 74.1 Å². The first kappa shape index (κ1) is 13.2. The number of anilines is 1. The molecule has 1 atom stereocenters. The van der Waals surface area contributed by atoms with Gasteiger partial charge in [0.1, 0.15) is 0 Å². The van der Waals surface area contributed by atoms with Crippen LogP contribution < -0.4 is 5.32 Å².